The van der Waals surface area contributed by atoms with E-state index in [-0.39, 0.29) is 5.91 Å². The lowest BCUT2D eigenvalue weighted by atomic mass is 10.2. The van der Waals surface area contributed by atoms with Gasteiger partial charge in [0.1, 0.15) is 5.82 Å². The van der Waals surface area contributed by atoms with E-state index in [2.05, 4.69) is 10.6 Å². The van der Waals surface area contributed by atoms with Crippen molar-refractivity contribution < 1.29 is 9.18 Å². The van der Waals surface area contributed by atoms with Gasteiger partial charge >= 0.3 is 0 Å². The van der Waals surface area contributed by atoms with Crippen LogP contribution in [0.5, 0.6) is 0 Å². The number of carbonyl (C=O) groups excluding carboxylic acids is 1. The number of carbonyl (C=O) groups is 1. The van der Waals surface area contributed by atoms with Crippen molar-refractivity contribution in [1.82, 2.24) is 5.32 Å². The molecule has 0 aliphatic rings. The Balaban J connectivity index is 2.38. The second-order valence-corrected chi connectivity index (χ2v) is 4.79. The molecule has 0 spiro atoms. The Hall–Kier alpha value is -1.13. The molecule has 100 valence electrons. The van der Waals surface area contributed by atoms with Crippen LogP contribution in [0.2, 0.25) is 5.02 Å². The average molecular weight is 273 g/mol. The normalized spacial score (nSPS) is 10.7. The minimum atomic E-state index is -0.420. The summed E-state index contributed by atoms with van der Waals surface area (Å²) in [5.41, 5.74) is 0.318. The quantitative estimate of drug-likeness (QED) is 0.781. The Labute approximate surface area is 112 Å². The zero-order valence-electron chi connectivity index (χ0n) is 10.6. The molecule has 0 heterocycles. The first-order valence-electron chi connectivity index (χ1n) is 5.97. The van der Waals surface area contributed by atoms with E-state index in [0.29, 0.717) is 23.2 Å². The lowest BCUT2D eigenvalue weighted by Gasteiger charge is -2.09. The van der Waals surface area contributed by atoms with Gasteiger partial charge in [0.25, 0.3) is 0 Å². The third-order valence-electron chi connectivity index (χ3n) is 2.34. The van der Waals surface area contributed by atoms with Crippen molar-refractivity contribution in [2.75, 3.05) is 11.9 Å². The molecule has 0 radical (unpaired) electrons. The number of rotatable bonds is 6. The number of nitrogens with one attached hydrogen (secondary N) is 2. The highest BCUT2D eigenvalue weighted by Gasteiger charge is 2.06. The summed E-state index contributed by atoms with van der Waals surface area (Å²) >= 11 is 5.85. The Morgan fingerprint density at radius 2 is 2.17 bits per heavy atom. The second kappa shape index (κ2) is 7.34. The molecule has 5 heteroatoms. The molecule has 1 aromatic carbocycles. The number of hydrogen-bond donors (Lipinski definition) is 2. The molecule has 2 N–H and O–H groups in total. The summed E-state index contributed by atoms with van der Waals surface area (Å²) in [6, 6.07) is 4.30. The van der Waals surface area contributed by atoms with Crippen LogP contribution in [-0.2, 0) is 4.79 Å². The van der Waals surface area contributed by atoms with Crippen LogP contribution in [0.1, 0.15) is 26.7 Å². The SMILES string of the molecule is CC(C)NCCCC(=O)Nc1cc(F)ccc1Cl. The molecule has 0 aliphatic heterocycles. The maximum absolute atomic E-state index is 13.0. The van der Waals surface area contributed by atoms with Crippen molar-refractivity contribution in [2.45, 2.75) is 32.7 Å². The molecule has 0 fully saturated rings. The predicted molar refractivity (Wildman–Crippen MR) is 72.4 cm³/mol. The van der Waals surface area contributed by atoms with Crippen molar-refractivity contribution >= 4 is 23.2 Å². The first-order chi connectivity index (χ1) is 8.49. The molecule has 0 saturated carbocycles. The smallest absolute Gasteiger partial charge is 0.224 e. The molecular weight excluding hydrogens is 255 g/mol. The van der Waals surface area contributed by atoms with E-state index >= 15 is 0 Å². The lowest BCUT2D eigenvalue weighted by molar-refractivity contribution is -0.116. The molecule has 0 aromatic heterocycles. The third kappa shape index (κ3) is 5.47. The molecule has 3 nitrogen and oxygen atoms in total. The zero-order valence-corrected chi connectivity index (χ0v) is 11.4. The van der Waals surface area contributed by atoms with E-state index in [9.17, 15) is 9.18 Å². The molecule has 0 saturated heterocycles. The molecule has 1 amide bonds. The lowest BCUT2D eigenvalue weighted by Crippen LogP contribution is -2.24. The van der Waals surface area contributed by atoms with Crippen molar-refractivity contribution in [3.8, 4) is 0 Å². The molecule has 0 atom stereocenters. The summed E-state index contributed by atoms with van der Waals surface area (Å²) in [7, 11) is 0. The second-order valence-electron chi connectivity index (χ2n) is 4.38. The molecule has 1 aromatic rings. The summed E-state index contributed by atoms with van der Waals surface area (Å²) in [6.45, 7) is 4.88. The number of hydrogen-bond acceptors (Lipinski definition) is 2. The fraction of sp³-hybridized carbons (Fsp3) is 0.462. The number of anilines is 1. The molecule has 0 unspecified atom stereocenters. The van der Waals surface area contributed by atoms with Crippen LogP contribution in [0.15, 0.2) is 18.2 Å². The van der Waals surface area contributed by atoms with E-state index in [0.717, 1.165) is 13.0 Å². The van der Waals surface area contributed by atoms with Crippen LogP contribution < -0.4 is 10.6 Å². The Kier molecular flexibility index (Phi) is 6.09. The first kappa shape index (κ1) is 14.9. The summed E-state index contributed by atoms with van der Waals surface area (Å²) in [6.07, 6.45) is 1.11. The van der Waals surface area contributed by atoms with E-state index in [4.69, 9.17) is 11.6 Å². The Morgan fingerprint density at radius 1 is 1.44 bits per heavy atom. The van der Waals surface area contributed by atoms with Crippen LogP contribution in [0, 0.1) is 5.82 Å². The molecule has 18 heavy (non-hydrogen) atoms. The zero-order chi connectivity index (χ0) is 13.5. The summed E-state index contributed by atoms with van der Waals surface area (Å²) in [4.78, 5) is 11.6. The van der Waals surface area contributed by atoms with Gasteiger partial charge in [-0.05, 0) is 31.2 Å². The van der Waals surface area contributed by atoms with E-state index in [1.165, 1.54) is 18.2 Å². The number of halogens is 2. The summed E-state index contributed by atoms with van der Waals surface area (Å²) < 4.78 is 13.0. The van der Waals surface area contributed by atoms with Crippen LogP contribution in [-0.4, -0.2) is 18.5 Å². The number of benzene rings is 1. The van der Waals surface area contributed by atoms with Crippen molar-refractivity contribution in [3.63, 3.8) is 0 Å². The monoisotopic (exact) mass is 272 g/mol. The van der Waals surface area contributed by atoms with Gasteiger partial charge in [0, 0.05) is 12.5 Å². The highest BCUT2D eigenvalue weighted by molar-refractivity contribution is 6.33. The van der Waals surface area contributed by atoms with Gasteiger partial charge in [-0.3, -0.25) is 4.79 Å². The highest BCUT2D eigenvalue weighted by atomic mass is 35.5. The standard InChI is InChI=1S/C13H18ClFN2O/c1-9(2)16-7-3-4-13(18)17-12-8-10(15)5-6-11(12)14/h5-6,8-9,16H,3-4,7H2,1-2H3,(H,17,18). The summed E-state index contributed by atoms with van der Waals surface area (Å²) in [5.74, 6) is -0.579. The van der Waals surface area contributed by atoms with Crippen LogP contribution >= 0.6 is 11.6 Å². The first-order valence-corrected chi connectivity index (χ1v) is 6.35. The number of amides is 1. The largest absolute Gasteiger partial charge is 0.325 e. The maximum atomic E-state index is 13.0. The average Bonchev–Trinajstić information content (AvgIpc) is 2.29. The van der Waals surface area contributed by atoms with Crippen molar-refractivity contribution in [2.24, 2.45) is 0 Å². The fourth-order valence-electron chi connectivity index (χ4n) is 1.45. The molecule has 1 rings (SSSR count). The Morgan fingerprint density at radius 3 is 2.83 bits per heavy atom. The van der Waals surface area contributed by atoms with E-state index in [1.807, 2.05) is 13.8 Å². The fourth-order valence-corrected chi connectivity index (χ4v) is 1.61. The minimum Gasteiger partial charge on any atom is -0.325 e. The van der Waals surface area contributed by atoms with Gasteiger partial charge in [-0.15, -0.1) is 0 Å². The van der Waals surface area contributed by atoms with Crippen LogP contribution in [0.3, 0.4) is 0 Å². The van der Waals surface area contributed by atoms with E-state index < -0.39 is 5.82 Å². The van der Waals surface area contributed by atoms with Crippen LogP contribution in [0.4, 0.5) is 10.1 Å². The van der Waals surface area contributed by atoms with Gasteiger partial charge in [0.15, 0.2) is 0 Å². The van der Waals surface area contributed by atoms with Gasteiger partial charge < -0.3 is 10.6 Å². The molecule has 0 aliphatic carbocycles. The van der Waals surface area contributed by atoms with Gasteiger partial charge in [-0.25, -0.2) is 4.39 Å². The van der Waals surface area contributed by atoms with Crippen LogP contribution in [0.25, 0.3) is 0 Å². The highest BCUT2D eigenvalue weighted by Crippen LogP contribution is 2.22. The van der Waals surface area contributed by atoms with Gasteiger partial charge in [0.05, 0.1) is 10.7 Å². The van der Waals surface area contributed by atoms with E-state index in [1.54, 1.807) is 0 Å². The summed E-state index contributed by atoms with van der Waals surface area (Å²) in [5, 5.41) is 6.16. The third-order valence-corrected chi connectivity index (χ3v) is 2.67. The molecular formula is C13H18ClFN2O. The molecule has 0 bridgehead atoms. The topological polar surface area (TPSA) is 41.1 Å². The predicted octanol–water partition coefficient (Wildman–Crippen LogP) is 3.20. The van der Waals surface area contributed by atoms with Crippen molar-refractivity contribution in [3.05, 3.63) is 29.0 Å². The minimum absolute atomic E-state index is 0.159. The van der Waals surface area contributed by atoms with Gasteiger partial charge in [-0.1, -0.05) is 25.4 Å². The van der Waals surface area contributed by atoms with Crippen molar-refractivity contribution in [1.29, 1.82) is 0 Å². The maximum Gasteiger partial charge on any atom is 0.224 e. The van der Waals surface area contributed by atoms with Gasteiger partial charge in [0.2, 0.25) is 5.91 Å². The van der Waals surface area contributed by atoms with Gasteiger partial charge in [-0.2, -0.15) is 0 Å². The Bertz CT molecular complexity index is 410.